The molecule has 1 aromatic heterocycles. The molecule has 0 N–H and O–H groups in total. The van der Waals surface area contributed by atoms with Crippen molar-refractivity contribution < 1.29 is 4.42 Å². The zero-order valence-electron chi connectivity index (χ0n) is 9.76. The largest absolute Gasteiger partial charge is 0.469 e. The van der Waals surface area contributed by atoms with Gasteiger partial charge in [0.1, 0.15) is 5.76 Å². The third-order valence-electron chi connectivity index (χ3n) is 1.36. The fraction of sp³-hybridized carbons (Fsp3) is 0.667. The van der Waals surface area contributed by atoms with Crippen LogP contribution in [0.5, 0.6) is 0 Å². The van der Waals surface area contributed by atoms with Crippen LogP contribution in [0.25, 0.3) is 0 Å². The fourth-order valence-corrected chi connectivity index (χ4v) is 0.806. The molecule has 0 aliphatic rings. The van der Waals surface area contributed by atoms with Gasteiger partial charge in [0.25, 0.3) is 0 Å². The van der Waals surface area contributed by atoms with Gasteiger partial charge in [-0.05, 0) is 18.6 Å². The SMILES string of the molecule is CC.CC.CCCCc1ccco1. The Kier molecular flexibility index (Phi) is 15.7. The van der Waals surface area contributed by atoms with E-state index in [0.717, 1.165) is 12.2 Å². The maximum Gasteiger partial charge on any atom is 0.103 e. The summed E-state index contributed by atoms with van der Waals surface area (Å²) < 4.78 is 5.14. The van der Waals surface area contributed by atoms with Gasteiger partial charge in [0.15, 0.2) is 0 Å². The van der Waals surface area contributed by atoms with Crippen LogP contribution in [0.4, 0.5) is 0 Å². The van der Waals surface area contributed by atoms with Crippen molar-refractivity contribution in [2.75, 3.05) is 0 Å². The van der Waals surface area contributed by atoms with Gasteiger partial charge >= 0.3 is 0 Å². The first-order valence-electron chi connectivity index (χ1n) is 5.46. The smallest absolute Gasteiger partial charge is 0.103 e. The highest BCUT2D eigenvalue weighted by Gasteiger charge is 1.91. The Bertz CT molecular complexity index is 142. The first kappa shape index (κ1) is 14.8. The molecule has 0 spiro atoms. The van der Waals surface area contributed by atoms with Crippen molar-refractivity contribution in [2.24, 2.45) is 0 Å². The van der Waals surface area contributed by atoms with E-state index in [1.807, 2.05) is 39.8 Å². The van der Waals surface area contributed by atoms with E-state index in [4.69, 9.17) is 4.42 Å². The summed E-state index contributed by atoms with van der Waals surface area (Å²) in [5.41, 5.74) is 0. The van der Waals surface area contributed by atoms with Crippen molar-refractivity contribution in [1.82, 2.24) is 0 Å². The van der Waals surface area contributed by atoms with Gasteiger partial charge in [-0.2, -0.15) is 0 Å². The Morgan fingerprint density at radius 3 is 2.15 bits per heavy atom. The summed E-state index contributed by atoms with van der Waals surface area (Å²) in [5.74, 6) is 1.11. The number of hydrogen-bond donors (Lipinski definition) is 0. The molecular formula is C12H24O. The highest BCUT2D eigenvalue weighted by atomic mass is 16.3. The molecule has 1 aromatic rings. The Morgan fingerprint density at radius 1 is 1.15 bits per heavy atom. The van der Waals surface area contributed by atoms with Crippen LogP contribution < -0.4 is 0 Å². The number of rotatable bonds is 3. The van der Waals surface area contributed by atoms with Crippen LogP contribution in [0.1, 0.15) is 53.2 Å². The van der Waals surface area contributed by atoms with E-state index >= 15 is 0 Å². The maximum absolute atomic E-state index is 5.14. The molecule has 0 saturated heterocycles. The Hall–Kier alpha value is -0.720. The summed E-state index contributed by atoms with van der Waals surface area (Å²) in [6.07, 6.45) is 5.28. The lowest BCUT2D eigenvalue weighted by atomic mass is 10.2. The second kappa shape index (κ2) is 13.8. The molecule has 1 rings (SSSR count). The predicted octanol–water partition coefficient (Wildman–Crippen LogP) is 4.67. The lowest BCUT2D eigenvalue weighted by Gasteiger charge is -1.90. The number of hydrogen-bond acceptors (Lipinski definition) is 1. The van der Waals surface area contributed by atoms with E-state index in [9.17, 15) is 0 Å². The minimum Gasteiger partial charge on any atom is -0.469 e. The van der Waals surface area contributed by atoms with Crippen molar-refractivity contribution in [3.8, 4) is 0 Å². The average molecular weight is 184 g/mol. The highest BCUT2D eigenvalue weighted by Crippen LogP contribution is 2.04. The van der Waals surface area contributed by atoms with Crippen LogP contribution in [-0.4, -0.2) is 0 Å². The first-order valence-corrected chi connectivity index (χ1v) is 5.46. The summed E-state index contributed by atoms with van der Waals surface area (Å²) in [4.78, 5) is 0. The molecule has 0 aromatic carbocycles. The minimum atomic E-state index is 1.09. The van der Waals surface area contributed by atoms with Gasteiger partial charge in [0.2, 0.25) is 0 Å². The van der Waals surface area contributed by atoms with E-state index in [1.165, 1.54) is 12.8 Å². The number of furan rings is 1. The Labute approximate surface area is 83.2 Å². The van der Waals surface area contributed by atoms with E-state index in [-0.39, 0.29) is 0 Å². The third kappa shape index (κ3) is 9.19. The van der Waals surface area contributed by atoms with E-state index in [0.29, 0.717) is 0 Å². The first-order chi connectivity index (χ1) is 6.43. The second-order valence-corrected chi connectivity index (χ2v) is 2.18. The van der Waals surface area contributed by atoms with Crippen molar-refractivity contribution in [3.63, 3.8) is 0 Å². The van der Waals surface area contributed by atoms with Crippen LogP contribution in [0.15, 0.2) is 22.8 Å². The van der Waals surface area contributed by atoms with Crippen LogP contribution in [0.2, 0.25) is 0 Å². The van der Waals surface area contributed by atoms with E-state index in [1.54, 1.807) is 6.26 Å². The quantitative estimate of drug-likeness (QED) is 0.665. The van der Waals surface area contributed by atoms with Crippen LogP contribution in [0.3, 0.4) is 0 Å². The number of unbranched alkanes of at least 4 members (excludes halogenated alkanes) is 1. The van der Waals surface area contributed by atoms with Crippen molar-refractivity contribution in [3.05, 3.63) is 24.2 Å². The molecule has 0 aliphatic carbocycles. The molecular weight excluding hydrogens is 160 g/mol. The molecule has 13 heavy (non-hydrogen) atoms. The van der Waals surface area contributed by atoms with Crippen molar-refractivity contribution >= 4 is 0 Å². The van der Waals surface area contributed by atoms with E-state index in [2.05, 4.69) is 6.92 Å². The monoisotopic (exact) mass is 184 g/mol. The molecule has 1 heteroatoms. The Morgan fingerprint density at radius 2 is 1.77 bits per heavy atom. The minimum absolute atomic E-state index is 1.09. The molecule has 0 fully saturated rings. The molecule has 1 nitrogen and oxygen atoms in total. The third-order valence-corrected chi connectivity index (χ3v) is 1.36. The van der Waals surface area contributed by atoms with Gasteiger partial charge in [-0.25, -0.2) is 0 Å². The summed E-state index contributed by atoms with van der Waals surface area (Å²) in [5, 5.41) is 0. The molecule has 0 atom stereocenters. The van der Waals surface area contributed by atoms with Gasteiger partial charge in [0.05, 0.1) is 6.26 Å². The molecule has 0 aliphatic heterocycles. The molecule has 0 bridgehead atoms. The van der Waals surface area contributed by atoms with Crippen LogP contribution in [0, 0.1) is 0 Å². The van der Waals surface area contributed by atoms with Gasteiger partial charge in [0, 0.05) is 6.42 Å². The zero-order chi connectivity index (χ0) is 10.5. The average Bonchev–Trinajstić information content (AvgIpc) is 2.73. The van der Waals surface area contributed by atoms with Gasteiger partial charge in [-0.15, -0.1) is 0 Å². The molecule has 1 heterocycles. The maximum atomic E-state index is 5.14. The Balaban J connectivity index is 0. The molecule has 0 saturated carbocycles. The van der Waals surface area contributed by atoms with Crippen molar-refractivity contribution in [1.29, 1.82) is 0 Å². The van der Waals surface area contributed by atoms with Crippen LogP contribution in [-0.2, 0) is 6.42 Å². The summed E-state index contributed by atoms with van der Waals surface area (Å²) in [7, 11) is 0. The van der Waals surface area contributed by atoms with E-state index < -0.39 is 0 Å². The summed E-state index contributed by atoms with van der Waals surface area (Å²) in [6.45, 7) is 10.2. The standard InChI is InChI=1S/C8H12O.2C2H6/c1-2-3-5-8-6-4-7-9-8;2*1-2/h4,6-7H,2-3,5H2,1H3;2*1-2H3. The van der Waals surface area contributed by atoms with Gasteiger partial charge in [-0.3, -0.25) is 0 Å². The molecule has 0 amide bonds. The predicted molar refractivity (Wildman–Crippen MR) is 60.0 cm³/mol. The fourth-order valence-electron chi connectivity index (χ4n) is 0.806. The van der Waals surface area contributed by atoms with Gasteiger partial charge < -0.3 is 4.42 Å². The van der Waals surface area contributed by atoms with Crippen LogP contribution >= 0.6 is 0 Å². The molecule has 0 radical (unpaired) electrons. The second-order valence-electron chi connectivity index (χ2n) is 2.18. The lowest BCUT2D eigenvalue weighted by molar-refractivity contribution is 0.500. The highest BCUT2D eigenvalue weighted by molar-refractivity contribution is 4.97. The topological polar surface area (TPSA) is 13.1 Å². The van der Waals surface area contributed by atoms with Gasteiger partial charge in [-0.1, -0.05) is 41.0 Å². The zero-order valence-corrected chi connectivity index (χ0v) is 9.76. The summed E-state index contributed by atoms with van der Waals surface area (Å²) >= 11 is 0. The van der Waals surface area contributed by atoms with Crippen molar-refractivity contribution in [2.45, 2.75) is 53.9 Å². The lowest BCUT2D eigenvalue weighted by Crippen LogP contribution is -1.77. The molecule has 78 valence electrons. The number of aryl methyl sites for hydroxylation is 1. The summed E-state index contributed by atoms with van der Waals surface area (Å²) in [6, 6.07) is 3.96. The normalized spacial score (nSPS) is 7.77. The molecule has 0 unspecified atom stereocenters.